The molecule has 0 spiro atoms. The van der Waals surface area contributed by atoms with Crippen LogP contribution in [0.4, 0.5) is 10.6 Å². The summed E-state index contributed by atoms with van der Waals surface area (Å²) >= 11 is 6.03. The summed E-state index contributed by atoms with van der Waals surface area (Å²) in [4.78, 5) is 51.9. The quantitative estimate of drug-likeness (QED) is 0.408. The number of carbonyl (C=O) groups is 3. The van der Waals surface area contributed by atoms with Gasteiger partial charge in [-0.3, -0.25) is 14.5 Å². The molecule has 178 valence electrons. The number of nitrogens with zero attached hydrogens (tertiary/aromatic N) is 5. The van der Waals surface area contributed by atoms with Gasteiger partial charge in [0.05, 0.1) is 0 Å². The average Bonchev–Trinajstić information content (AvgIpc) is 3.15. The Labute approximate surface area is 206 Å². The Kier molecular flexibility index (Phi) is 6.08. The van der Waals surface area contributed by atoms with Crippen LogP contribution in [-0.4, -0.2) is 63.9 Å². The van der Waals surface area contributed by atoms with Crippen LogP contribution < -0.4 is 4.90 Å². The maximum Gasteiger partial charge on any atom is 0.412 e. The lowest BCUT2D eigenvalue weighted by Crippen LogP contribution is -2.51. The van der Waals surface area contributed by atoms with Gasteiger partial charge in [0.15, 0.2) is 5.65 Å². The Morgan fingerprint density at radius 3 is 2.49 bits per heavy atom. The molecular weight excluding hydrogens is 470 g/mol. The Morgan fingerprint density at radius 1 is 1.00 bits per heavy atom. The van der Waals surface area contributed by atoms with Crippen molar-refractivity contribution in [1.29, 1.82) is 0 Å². The maximum atomic E-state index is 13.3. The van der Waals surface area contributed by atoms with E-state index in [1.54, 1.807) is 66.4 Å². The van der Waals surface area contributed by atoms with E-state index in [0.29, 0.717) is 48.8 Å². The summed E-state index contributed by atoms with van der Waals surface area (Å²) in [6.07, 6.45) is 1.64. The summed E-state index contributed by atoms with van der Waals surface area (Å²) in [5, 5.41) is 1.05. The molecule has 2 aromatic heterocycles. The van der Waals surface area contributed by atoms with E-state index in [-0.39, 0.29) is 17.0 Å². The Bertz CT molecular complexity index is 1350. The van der Waals surface area contributed by atoms with E-state index in [0.717, 1.165) is 5.39 Å². The first-order valence-corrected chi connectivity index (χ1v) is 11.6. The first-order valence-electron chi connectivity index (χ1n) is 11.2. The van der Waals surface area contributed by atoms with Gasteiger partial charge in [-0.05, 0) is 43.3 Å². The van der Waals surface area contributed by atoms with Gasteiger partial charge in [-0.1, -0.05) is 35.9 Å². The van der Waals surface area contributed by atoms with Crippen LogP contribution in [-0.2, 0) is 9.53 Å². The number of pyridine rings is 2. The summed E-state index contributed by atoms with van der Waals surface area (Å²) in [5.41, 5.74) is 1.40. The molecule has 3 aromatic rings. The first-order chi connectivity index (χ1) is 17.0. The number of benzene rings is 1. The normalized spacial score (nSPS) is 17.8. The fraction of sp³-hybridized carbons (Fsp3) is 0.240. The number of carbonyl (C=O) groups excluding carboxylic acids is 3. The molecule has 4 heterocycles. The Hall–Kier alpha value is -3.98. The second-order valence-electron chi connectivity index (χ2n) is 8.16. The summed E-state index contributed by atoms with van der Waals surface area (Å²) in [6.45, 7) is 3.26. The average molecular weight is 492 g/mol. The number of fused-ring (bicyclic) bond motifs is 2. The Morgan fingerprint density at radius 2 is 1.71 bits per heavy atom. The van der Waals surface area contributed by atoms with E-state index in [1.165, 1.54) is 15.9 Å². The van der Waals surface area contributed by atoms with Crippen molar-refractivity contribution in [2.45, 2.75) is 13.2 Å². The number of amides is 3. The molecule has 3 amide bonds. The first kappa shape index (κ1) is 22.8. The van der Waals surface area contributed by atoms with Crippen molar-refractivity contribution in [3.8, 4) is 0 Å². The number of hydrogen-bond donors (Lipinski definition) is 0. The Balaban J connectivity index is 1.41. The van der Waals surface area contributed by atoms with Crippen molar-refractivity contribution in [3.05, 3.63) is 77.0 Å². The molecule has 10 heteroatoms. The van der Waals surface area contributed by atoms with Gasteiger partial charge in [-0.15, -0.1) is 0 Å². The molecule has 0 radical (unpaired) electrons. The third-order valence-corrected chi connectivity index (χ3v) is 6.24. The molecule has 5 rings (SSSR count). The summed E-state index contributed by atoms with van der Waals surface area (Å²) in [7, 11) is 0. The van der Waals surface area contributed by atoms with Gasteiger partial charge >= 0.3 is 6.09 Å². The number of aromatic nitrogens is 2. The smallest absolute Gasteiger partial charge is 0.412 e. The molecule has 1 fully saturated rings. The van der Waals surface area contributed by atoms with E-state index in [9.17, 15) is 14.4 Å². The monoisotopic (exact) mass is 491 g/mol. The molecule has 2 aliphatic rings. The SMILES string of the molecule is CC=CC(=O)N1CCN(C(=O)OC2c3ccccc3C(=O)N2c2ccc3ccc(Cl)nc3n2)CC1. The van der Waals surface area contributed by atoms with Gasteiger partial charge in [-0.2, -0.15) is 0 Å². The summed E-state index contributed by atoms with van der Waals surface area (Å²) in [5.74, 6) is -0.111. The highest BCUT2D eigenvalue weighted by Crippen LogP contribution is 2.38. The zero-order valence-electron chi connectivity index (χ0n) is 18.9. The predicted molar refractivity (Wildman–Crippen MR) is 130 cm³/mol. The zero-order chi connectivity index (χ0) is 24.5. The van der Waals surface area contributed by atoms with Crippen LogP contribution in [0.15, 0.2) is 60.7 Å². The van der Waals surface area contributed by atoms with Crippen molar-refractivity contribution >= 4 is 46.4 Å². The van der Waals surface area contributed by atoms with E-state index < -0.39 is 12.3 Å². The van der Waals surface area contributed by atoms with Gasteiger partial charge in [-0.25, -0.2) is 14.8 Å². The molecular formula is C25H22ClN5O4. The molecule has 0 aliphatic carbocycles. The van der Waals surface area contributed by atoms with Crippen molar-refractivity contribution < 1.29 is 19.1 Å². The van der Waals surface area contributed by atoms with Crippen LogP contribution in [0.1, 0.15) is 29.1 Å². The molecule has 1 aromatic carbocycles. The molecule has 0 bridgehead atoms. The fourth-order valence-electron chi connectivity index (χ4n) is 4.25. The van der Waals surface area contributed by atoms with Crippen LogP contribution in [0.25, 0.3) is 11.0 Å². The van der Waals surface area contributed by atoms with Crippen LogP contribution in [0, 0.1) is 0 Å². The lowest BCUT2D eigenvalue weighted by Gasteiger charge is -2.35. The minimum absolute atomic E-state index is 0.0851. The number of allylic oxidation sites excluding steroid dienone is 1. The van der Waals surface area contributed by atoms with E-state index in [1.807, 2.05) is 0 Å². The number of halogens is 1. The van der Waals surface area contributed by atoms with E-state index in [4.69, 9.17) is 16.3 Å². The van der Waals surface area contributed by atoms with Crippen LogP contribution >= 0.6 is 11.6 Å². The van der Waals surface area contributed by atoms with E-state index in [2.05, 4.69) is 9.97 Å². The number of piperazine rings is 1. The van der Waals surface area contributed by atoms with Crippen molar-refractivity contribution in [3.63, 3.8) is 0 Å². The van der Waals surface area contributed by atoms with Crippen LogP contribution in [0.2, 0.25) is 5.15 Å². The standard InChI is InChI=1S/C25H22ClN5O4/c1-2-5-21(32)29-12-14-30(15-13-29)25(34)35-24-18-7-4-3-6-17(18)23(33)31(24)20-11-9-16-8-10-19(26)27-22(16)28-20/h2-11,24H,12-15H2,1H3. The molecule has 2 aliphatic heterocycles. The highest BCUT2D eigenvalue weighted by Gasteiger charge is 2.42. The topological polar surface area (TPSA) is 95.9 Å². The van der Waals surface area contributed by atoms with Gasteiger partial charge in [0, 0.05) is 42.7 Å². The maximum absolute atomic E-state index is 13.3. The number of rotatable bonds is 3. The molecule has 0 N–H and O–H groups in total. The highest BCUT2D eigenvalue weighted by molar-refractivity contribution is 6.29. The van der Waals surface area contributed by atoms with Crippen LogP contribution in [0.5, 0.6) is 0 Å². The molecule has 35 heavy (non-hydrogen) atoms. The van der Waals surface area contributed by atoms with Gasteiger partial charge < -0.3 is 14.5 Å². The largest absolute Gasteiger partial charge is 0.420 e. The summed E-state index contributed by atoms with van der Waals surface area (Å²) in [6, 6.07) is 13.9. The number of anilines is 1. The molecule has 1 unspecified atom stereocenters. The third kappa shape index (κ3) is 4.30. The van der Waals surface area contributed by atoms with Crippen LogP contribution in [0.3, 0.4) is 0 Å². The number of hydrogen-bond acceptors (Lipinski definition) is 6. The predicted octanol–water partition coefficient (Wildman–Crippen LogP) is 3.80. The van der Waals surface area contributed by atoms with Gasteiger partial charge in [0.1, 0.15) is 11.0 Å². The lowest BCUT2D eigenvalue weighted by atomic mass is 10.1. The lowest BCUT2D eigenvalue weighted by molar-refractivity contribution is -0.127. The fourth-order valence-corrected chi connectivity index (χ4v) is 4.39. The van der Waals surface area contributed by atoms with Crippen molar-refractivity contribution in [1.82, 2.24) is 19.8 Å². The highest BCUT2D eigenvalue weighted by atomic mass is 35.5. The second-order valence-corrected chi connectivity index (χ2v) is 8.55. The van der Waals surface area contributed by atoms with Gasteiger partial charge in [0.2, 0.25) is 12.1 Å². The minimum atomic E-state index is -0.988. The molecule has 1 atom stereocenters. The summed E-state index contributed by atoms with van der Waals surface area (Å²) < 4.78 is 5.88. The second kappa shape index (κ2) is 9.34. The zero-order valence-corrected chi connectivity index (χ0v) is 19.7. The molecule has 0 saturated carbocycles. The molecule has 1 saturated heterocycles. The minimum Gasteiger partial charge on any atom is -0.420 e. The molecule has 9 nitrogen and oxygen atoms in total. The van der Waals surface area contributed by atoms with Gasteiger partial charge in [0.25, 0.3) is 5.91 Å². The number of ether oxygens (including phenoxy) is 1. The van der Waals surface area contributed by atoms with Crippen molar-refractivity contribution in [2.75, 3.05) is 31.1 Å². The third-order valence-electron chi connectivity index (χ3n) is 6.03. The van der Waals surface area contributed by atoms with Crippen molar-refractivity contribution in [2.24, 2.45) is 0 Å². The van der Waals surface area contributed by atoms with E-state index >= 15 is 0 Å².